The fourth-order valence-electron chi connectivity index (χ4n) is 2.61. The first kappa shape index (κ1) is 18.5. The second-order valence-corrected chi connectivity index (χ2v) is 6.56. The summed E-state index contributed by atoms with van der Waals surface area (Å²) in [5.41, 5.74) is -0.769. The summed E-state index contributed by atoms with van der Waals surface area (Å²) in [6, 6.07) is 12.2. The van der Waals surface area contributed by atoms with Crippen molar-refractivity contribution in [2.45, 2.75) is 19.1 Å². The molecule has 1 aromatic heterocycles. The van der Waals surface area contributed by atoms with E-state index in [0.29, 0.717) is 27.1 Å². The van der Waals surface area contributed by atoms with E-state index in [2.05, 4.69) is 10.1 Å². The first-order chi connectivity index (χ1) is 12.5. The Morgan fingerprint density at radius 2 is 1.88 bits per heavy atom. The van der Waals surface area contributed by atoms with Gasteiger partial charge in [-0.2, -0.15) is 5.10 Å². The molecule has 0 bridgehead atoms. The summed E-state index contributed by atoms with van der Waals surface area (Å²) >= 11 is 12.3. The molecule has 0 saturated heterocycles. The quantitative estimate of drug-likeness (QED) is 0.612. The summed E-state index contributed by atoms with van der Waals surface area (Å²) in [5.74, 6) is 1.20. The summed E-state index contributed by atoms with van der Waals surface area (Å²) in [6.07, 6.45) is 6.40. The molecule has 0 aliphatic rings. The molecule has 1 atom stereocenters. The molecule has 0 radical (unpaired) electrons. The summed E-state index contributed by atoms with van der Waals surface area (Å²) in [6.45, 7) is 2.02. The lowest BCUT2D eigenvalue weighted by Crippen LogP contribution is -2.30. The maximum absolute atomic E-state index is 11.1. The van der Waals surface area contributed by atoms with Crippen molar-refractivity contribution in [1.82, 2.24) is 14.8 Å². The topological polar surface area (TPSA) is 60.2 Å². The van der Waals surface area contributed by atoms with Crippen LogP contribution < -0.4 is 4.74 Å². The Morgan fingerprint density at radius 1 is 1.15 bits per heavy atom. The second-order valence-electron chi connectivity index (χ2n) is 5.71. The summed E-state index contributed by atoms with van der Waals surface area (Å²) in [7, 11) is 0. The lowest BCUT2D eigenvalue weighted by Gasteiger charge is -2.26. The molecular weight excluding hydrogens is 373 g/mol. The molecule has 2 aromatic carbocycles. The number of ether oxygens (including phenoxy) is 1. The summed E-state index contributed by atoms with van der Waals surface area (Å²) < 4.78 is 7.33. The second kappa shape index (κ2) is 7.91. The molecule has 0 amide bonds. The van der Waals surface area contributed by atoms with Crippen LogP contribution in [0.3, 0.4) is 0 Å². The van der Waals surface area contributed by atoms with E-state index in [-0.39, 0.29) is 6.54 Å². The first-order valence-electron chi connectivity index (χ1n) is 7.92. The Balaban J connectivity index is 1.88. The number of nitrogens with zero attached hydrogens (tertiary/aromatic N) is 3. The molecule has 5 nitrogen and oxygen atoms in total. The number of halogens is 2. The lowest BCUT2D eigenvalue weighted by atomic mass is 9.93. The van der Waals surface area contributed by atoms with Gasteiger partial charge >= 0.3 is 0 Å². The van der Waals surface area contributed by atoms with Gasteiger partial charge in [0.25, 0.3) is 0 Å². The molecule has 1 heterocycles. The van der Waals surface area contributed by atoms with Gasteiger partial charge < -0.3 is 9.84 Å². The Kier molecular flexibility index (Phi) is 5.61. The van der Waals surface area contributed by atoms with Gasteiger partial charge in [-0.1, -0.05) is 41.4 Å². The van der Waals surface area contributed by atoms with Crippen molar-refractivity contribution in [3.8, 4) is 11.5 Å². The minimum atomic E-state index is -1.32. The van der Waals surface area contributed by atoms with E-state index < -0.39 is 5.60 Å². The molecule has 0 aliphatic heterocycles. The monoisotopic (exact) mass is 389 g/mol. The molecule has 0 fully saturated rings. The Hall–Kier alpha value is -2.34. The lowest BCUT2D eigenvalue weighted by molar-refractivity contribution is 0.0654. The Labute approximate surface area is 161 Å². The van der Waals surface area contributed by atoms with E-state index in [4.69, 9.17) is 27.9 Å². The van der Waals surface area contributed by atoms with Crippen molar-refractivity contribution in [2.24, 2.45) is 0 Å². The van der Waals surface area contributed by atoms with Crippen molar-refractivity contribution >= 4 is 23.2 Å². The predicted molar refractivity (Wildman–Crippen MR) is 102 cm³/mol. The van der Waals surface area contributed by atoms with Gasteiger partial charge in [-0.15, -0.1) is 0 Å². The number of allylic oxidation sites excluding steroid dienone is 1. The van der Waals surface area contributed by atoms with Gasteiger partial charge in [0.1, 0.15) is 29.8 Å². The Bertz CT molecular complexity index is 896. The number of aliphatic hydroxyl groups is 1. The van der Waals surface area contributed by atoms with Gasteiger partial charge in [0.05, 0.1) is 11.6 Å². The van der Waals surface area contributed by atoms with Crippen LogP contribution in [0.4, 0.5) is 0 Å². The number of aromatic nitrogens is 3. The van der Waals surface area contributed by atoms with E-state index in [1.807, 2.05) is 6.92 Å². The van der Waals surface area contributed by atoms with Crippen LogP contribution >= 0.6 is 23.2 Å². The zero-order chi connectivity index (χ0) is 18.6. The van der Waals surface area contributed by atoms with Gasteiger partial charge in [-0.3, -0.25) is 0 Å². The van der Waals surface area contributed by atoms with Crippen LogP contribution in [-0.4, -0.2) is 19.9 Å². The van der Waals surface area contributed by atoms with Crippen molar-refractivity contribution in [1.29, 1.82) is 0 Å². The largest absolute Gasteiger partial charge is 0.457 e. The minimum Gasteiger partial charge on any atom is -0.457 e. The standard InChI is InChI=1S/C19H17Cl2N3O2/c1-2-9-19(25,11-24-13-22-12-23-24)17-8-7-16(10-18(17)21)26-15-5-3-14(20)4-6-15/h2-10,12-13,25H,11H2,1H3. The zero-order valence-electron chi connectivity index (χ0n) is 14.0. The van der Waals surface area contributed by atoms with E-state index in [9.17, 15) is 5.11 Å². The van der Waals surface area contributed by atoms with Crippen LogP contribution in [-0.2, 0) is 12.1 Å². The van der Waals surface area contributed by atoms with Gasteiger partial charge in [-0.25, -0.2) is 9.67 Å². The molecule has 0 aliphatic carbocycles. The van der Waals surface area contributed by atoms with Crippen LogP contribution in [0.25, 0.3) is 0 Å². The van der Waals surface area contributed by atoms with Gasteiger partial charge in [-0.05, 0) is 43.3 Å². The van der Waals surface area contributed by atoms with Crippen molar-refractivity contribution in [2.75, 3.05) is 0 Å². The normalized spacial score (nSPS) is 13.7. The van der Waals surface area contributed by atoms with Crippen molar-refractivity contribution in [3.05, 3.63) is 82.9 Å². The highest BCUT2D eigenvalue weighted by molar-refractivity contribution is 6.31. The van der Waals surface area contributed by atoms with E-state index in [1.165, 1.54) is 6.33 Å². The first-order valence-corrected chi connectivity index (χ1v) is 8.68. The van der Waals surface area contributed by atoms with E-state index >= 15 is 0 Å². The minimum absolute atomic E-state index is 0.189. The van der Waals surface area contributed by atoms with Crippen LogP contribution in [0, 0.1) is 0 Å². The van der Waals surface area contributed by atoms with Crippen LogP contribution in [0.1, 0.15) is 12.5 Å². The Morgan fingerprint density at radius 3 is 2.50 bits per heavy atom. The van der Waals surface area contributed by atoms with Crippen LogP contribution in [0.2, 0.25) is 10.0 Å². The highest BCUT2D eigenvalue weighted by Gasteiger charge is 2.29. The molecular formula is C19H17Cl2N3O2. The molecule has 0 spiro atoms. The average molecular weight is 390 g/mol. The van der Waals surface area contributed by atoms with Crippen molar-refractivity contribution < 1.29 is 9.84 Å². The molecule has 3 aromatic rings. The van der Waals surface area contributed by atoms with Crippen LogP contribution in [0.5, 0.6) is 11.5 Å². The summed E-state index contributed by atoms with van der Waals surface area (Å²) in [5, 5.41) is 16.2. The number of rotatable bonds is 6. The predicted octanol–water partition coefficient (Wildman–Crippen LogP) is 4.84. The molecule has 7 heteroatoms. The third-order valence-electron chi connectivity index (χ3n) is 3.77. The maximum Gasteiger partial charge on any atom is 0.137 e. The molecule has 1 unspecified atom stereocenters. The molecule has 134 valence electrons. The van der Waals surface area contributed by atoms with Crippen molar-refractivity contribution in [3.63, 3.8) is 0 Å². The highest BCUT2D eigenvalue weighted by atomic mass is 35.5. The highest BCUT2D eigenvalue weighted by Crippen LogP contribution is 2.35. The van der Waals surface area contributed by atoms with Gasteiger partial charge in [0, 0.05) is 10.6 Å². The summed E-state index contributed by atoms with van der Waals surface area (Å²) in [4.78, 5) is 3.90. The third-order valence-corrected chi connectivity index (χ3v) is 4.33. The fraction of sp³-hybridized carbons (Fsp3) is 0.158. The smallest absolute Gasteiger partial charge is 0.137 e. The molecule has 0 saturated carbocycles. The average Bonchev–Trinajstić information content (AvgIpc) is 3.10. The maximum atomic E-state index is 11.1. The fourth-order valence-corrected chi connectivity index (χ4v) is 3.07. The number of hydrogen-bond acceptors (Lipinski definition) is 4. The number of hydrogen-bond donors (Lipinski definition) is 1. The molecule has 3 rings (SSSR count). The zero-order valence-corrected chi connectivity index (χ0v) is 15.5. The van der Waals surface area contributed by atoms with E-state index in [1.54, 1.807) is 65.6 Å². The van der Waals surface area contributed by atoms with Gasteiger partial charge in [0.15, 0.2) is 0 Å². The van der Waals surface area contributed by atoms with Crippen LogP contribution in [0.15, 0.2) is 67.3 Å². The molecule has 1 N–H and O–H groups in total. The molecule has 26 heavy (non-hydrogen) atoms. The SMILES string of the molecule is CC=CC(O)(Cn1cncn1)c1ccc(Oc2ccc(Cl)cc2)cc1Cl. The van der Waals surface area contributed by atoms with E-state index in [0.717, 1.165) is 0 Å². The third kappa shape index (κ3) is 4.25. The van der Waals surface area contributed by atoms with Gasteiger partial charge in [0.2, 0.25) is 0 Å². The number of benzene rings is 2.